The maximum Gasteiger partial charge on any atom is 0.203 e. The minimum absolute atomic E-state index is 0.519. The topological polar surface area (TPSA) is 43.3 Å². The standard InChI is InChI=1S/C26H39IN2O3S/c1-12-22(20-13-23(30-9)26(32-11)24(14-20)31-10)28-25-19(8)29(15-21(25)27)33(16(2)3,17(4)5)18(6)7/h12-18H,8H2,1-7,9-11H3/b22-12-,28-25?. The summed E-state index contributed by atoms with van der Waals surface area (Å²) in [6, 6.07) is 3.86. The molecule has 1 aromatic rings. The second-order valence-corrected chi connectivity index (χ2v) is 14.5. The van der Waals surface area contributed by atoms with Crippen molar-refractivity contribution in [1.29, 1.82) is 0 Å². The van der Waals surface area contributed by atoms with Gasteiger partial charge in [-0.3, -0.25) is 0 Å². The largest absolute Gasteiger partial charge is 0.493 e. The minimum atomic E-state index is -1.18. The number of benzene rings is 1. The van der Waals surface area contributed by atoms with E-state index >= 15 is 0 Å². The highest BCUT2D eigenvalue weighted by Gasteiger charge is 2.43. The summed E-state index contributed by atoms with van der Waals surface area (Å²) in [5.41, 5.74) is 3.60. The van der Waals surface area contributed by atoms with E-state index in [1.165, 1.54) is 0 Å². The Morgan fingerprint density at radius 2 is 1.45 bits per heavy atom. The summed E-state index contributed by atoms with van der Waals surface area (Å²) >= 11 is 2.39. The van der Waals surface area contributed by atoms with Crippen LogP contribution in [0.1, 0.15) is 54.0 Å². The zero-order valence-corrected chi connectivity index (χ0v) is 24.6. The van der Waals surface area contributed by atoms with E-state index in [0.29, 0.717) is 33.0 Å². The lowest BCUT2D eigenvalue weighted by molar-refractivity contribution is 0.324. The molecule has 1 aliphatic heterocycles. The fourth-order valence-electron chi connectivity index (χ4n) is 4.84. The molecule has 0 spiro atoms. The van der Waals surface area contributed by atoms with Crippen molar-refractivity contribution < 1.29 is 14.2 Å². The Morgan fingerprint density at radius 3 is 1.82 bits per heavy atom. The molecule has 2 rings (SSSR count). The molecule has 0 radical (unpaired) electrons. The van der Waals surface area contributed by atoms with Crippen LogP contribution in [0.2, 0.25) is 0 Å². The lowest BCUT2D eigenvalue weighted by atomic mass is 10.1. The van der Waals surface area contributed by atoms with Gasteiger partial charge in [0, 0.05) is 27.5 Å². The summed E-state index contributed by atoms with van der Waals surface area (Å²) in [5.74, 6) is 1.77. The van der Waals surface area contributed by atoms with Crippen molar-refractivity contribution in [2.75, 3.05) is 21.3 Å². The molecule has 0 saturated heterocycles. The molecule has 0 bridgehead atoms. The number of methoxy groups -OCH3 is 3. The van der Waals surface area contributed by atoms with Crippen molar-refractivity contribution in [3.63, 3.8) is 0 Å². The fraction of sp³-hybridized carbons (Fsp3) is 0.500. The van der Waals surface area contributed by atoms with Crippen molar-refractivity contribution in [2.45, 2.75) is 64.2 Å². The van der Waals surface area contributed by atoms with Crippen LogP contribution < -0.4 is 14.2 Å². The minimum Gasteiger partial charge on any atom is -0.493 e. The van der Waals surface area contributed by atoms with Crippen molar-refractivity contribution in [3.8, 4) is 17.2 Å². The molecule has 0 unspecified atom stereocenters. The Bertz CT molecular complexity index is 933. The molecule has 1 heterocycles. The predicted molar refractivity (Wildman–Crippen MR) is 153 cm³/mol. The van der Waals surface area contributed by atoms with Crippen LogP contribution in [0.5, 0.6) is 17.2 Å². The van der Waals surface area contributed by atoms with Gasteiger partial charge in [0.15, 0.2) is 11.5 Å². The molecule has 0 aromatic heterocycles. The molecule has 0 fully saturated rings. The van der Waals surface area contributed by atoms with Crippen molar-refractivity contribution in [3.05, 3.63) is 45.8 Å². The number of ether oxygens (including phenoxy) is 3. The van der Waals surface area contributed by atoms with E-state index in [1.54, 1.807) is 21.3 Å². The zero-order valence-electron chi connectivity index (χ0n) is 21.7. The van der Waals surface area contributed by atoms with Crippen LogP contribution >= 0.6 is 32.8 Å². The Kier molecular flexibility index (Phi) is 9.39. The molecular formula is C26H39IN2O3S. The molecule has 184 valence electrons. The van der Waals surface area contributed by atoms with Gasteiger partial charge in [0.05, 0.1) is 36.3 Å². The molecule has 0 atom stereocenters. The van der Waals surface area contributed by atoms with E-state index < -0.39 is 10.2 Å². The third kappa shape index (κ3) is 4.94. The molecular weight excluding hydrogens is 547 g/mol. The number of hydrogen-bond donors (Lipinski definition) is 0. The molecule has 0 N–H and O–H groups in total. The summed E-state index contributed by atoms with van der Waals surface area (Å²) in [5, 5.41) is 1.56. The fourth-order valence-corrected chi connectivity index (χ4v) is 11.1. The summed E-state index contributed by atoms with van der Waals surface area (Å²) in [4.78, 5) is 5.10. The number of halogens is 1. The normalized spacial score (nSPS) is 16.8. The first-order chi connectivity index (χ1) is 15.5. The van der Waals surface area contributed by atoms with Gasteiger partial charge in [-0.1, -0.05) is 54.2 Å². The monoisotopic (exact) mass is 586 g/mol. The lowest BCUT2D eigenvalue weighted by Crippen LogP contribution is -2.39. The van der Waals surface area contributed by atoms with E-state index in [0.717, 1.165) is 26.2 Å². The van der Waals surface area contributed by atoms with E-state index in [4.69, 9.17) is 19.2 Å². The molecule has 33 heavy (non-hydrogen) atoms. The highest BCUT2D eigenvalue weighted by Crippen LogP contribution is 2.66. The van der Waals surface area contributed by atoms with E-state index in [9.17, 15) is 0 Å². The van der Waals surface area contributed by atoms with Gasteiger partial charge in [-0.05, 0) is 41.6 Å². The van der Waals surface area contributed by atoms with Gasteiger partial charge in [0.1, 0.15) is 5.71 Å². The summed E-state index contributed by atoms with van der Waals surface area (Å²) in [7, 11) is 3.67. The smallest absolute Gasteiger partial charge is 0.203 e. The lowest BCUT2D eigenvalue weighted by Gasteiger charge is -2.57. The zero-order chi connectivity index (χ0) is 25.1. The van der Waals surface area contributed by atoms with Crippen LogP contribution in [-0.4, -0.2) is 47.1 Å². The highest BCUT2D eigenvalue weighted by molar-refractivity contribution is 14.1. The number of hydrogen-bond acceptors (Lipinski definition) is 5. The summed E-state index contributed by atoms with van der Waals surface area (Å²) in [6.45, 7) is 20.5. The van der Waals surface area contributed by atoms with Gasteiger partial charge >= 0.3 is 0 Å². The molecule has 1 aromatic carbocycles. The maximum absolute atomic E-state index is 5.55. The number of allylic oxidation sites excluding steroid dienone is 2. The molecule has 1 aliphatic rings. The van der Waals surface area contributed by atoms with Gasteiger partial charge in [0.2, 0.25) is 5.75 Å². The predicted octanol–water partition coefficient (Wildman–Crippen LogP) is 7.56. The van der Waals surface area contributed by atoms with Crippen molar-refractivity contribution >= 4 is 44.2 Å². The number of aliphatic imine (C=N–C) groups is 1. The molecule has 0 amide bonds. The average Bonchev–Trinajstić information content (AvgIpc) is 3.03. The molecule has 0 saturated carbocycles. The highest BCUT2D eigenvalue weighted by atomic mass is 127. The van der Waals surface area contributed by atoms with Crippen LogP contribution in [-0.2, 0) is 0 Å². The Labute approximate surface area is 215 Å². The summed E-state index contributed by atoms with van der Waals surface area (Å²) < 4.78 is 20.1. The van der Waals surface area contributed by atoms with Crippen LogP contribution in [0, 0.1) is 0 Å². The second-order valence-electron chi connectivity index (χ2n) is 8.67. The van der Waals surface area contributed by atoms with Gasteiger partial charge in [-0.25, -0.2) is 4.99 Å². The maximum atomic E-state index is 5.55. The Morgan fingerprint density at radius 1 is 0.970 bits per heavy atom. The SMILES string of the molecule is C=C1C(=N/C(=C\C)c2cc(OC)c(OC)c(OC)c2)C(I)=CN1S(C(C)C)(C(C)C)C(C)C. The number of nitrogens with zero attached hydrogens (tertiary/aromatic N) is 2. The molecule has 7 heteroatoms. The Balaban J connectivity index is 2.60. The van der Waals surface area contributed by atoms with E-state index in [-0.39, 0.29) is 0 Å². The van der Waals surface area contributed by atoms with E-state index in [1.807, 2.05) is 25.1 Å². The van der Waals surface area contributed by atoms with Crippen LogP contribution in [0.25, 0.3) is 5.70 Å². The first-order valence-electron chi connectivity index (χ1n) is 11.2. The average molecular weight is 587 g/mol. The van der Waals surface area contributed by atoms with Crippen molar-refractivity contribution in [1.82, 2.24) is 4.31 Å². The number of rotatable bonds is 9. The third-order valence-corrected chi connectivity index (χ3v) is 12.4. The second kappa shape index (κ2) is 11.2. The first kappa shape index (κ1) is 27.6. The molecule has 5 nitrogen and oxygen atoms in total. The Hall–Kier alpha value is -1.61. The van der Waals surface area contributed by atoms with Gasteiger partial charge < -0.3 is 18.5 Å². The van der Waals surface area contributed by atoms with Crippen LogP contribution in [0.4, 0.5) is 0 Å². The quantitative estimate of drug-likeness (QED) is 0.280. The summed E-state index contributed by atoms with van der Waals surface area (Å²) in [6.07, 6.45) is 4.25. The third-order valence-electron chi connectivity index (χ3n) is 6.07. The van der Waals surface area contributed by atoms with Crippen LogP contribution in [0.15, 0.2) is 45.3 Å². The van der Waals surface area contributed by atoms with Gasteiger partial charge in [0.25, 0.3) is 0 Å². The van der Waals surface area contributed by atoms with E-state index in [2.05, 4.69) is 81.2 Å². The molecule has 0 aliphatic carbocycles. The van der Waals surface area contributed by atoms with Crippen molar-refractivity contribution in [2.24, 2.45) is 4.99 Å². The van der Waals surface area contributed by atoms with Gasteiger partial charge in [-0.15, -0.1) is 0 Å². The first-order valence-corrected chi connectivity index (χ1v) is 14.1. The van der Waals surface area contributed by atoms with Gasteiger partial charge in [-0.2, -0.15) is 10.2 Å². The van der Waals surface area contributed by atoms with Crippen LogP contribution in [0.3, 0.4) is 0 Å².